The molecule has 0 atom stereocenters. The predicted octanol–water partition coefficient (Wildman–Crippen LogP) is 3.31. The van der Waals surface area contributed by atoms with Gasteiger partial charge in [0.15, 0.2) is 0 Å². The second kappa shape index (κ2) is 6.69. The van der Waals surface area contributed by atoms with E-state index in [1.165, 1.54) is 0 Å². The molecule has 2 rings (SSSR count). The Labute approximate surface area is 135 Å². The van der Waals surface area contributed by atoms with Gasteiger partial charge in [0.05, 0.1) is 12.0 Å². The summed E-state index contributed by atoms with van der Waals surface area (Å²) in [6.45, 7) is 8.24. The molecule has 0 radical (unpaired) electrons. The Morgan fingerprint density at radius 3 is 2.48 bits per heavy atom. The summed E-state index contributed by atoms with van der Waals surface area (Å²) in [5.41, 5.74) is 4.32. The third-order valence-corrected chi connectivity index (χ3v) is 4.14. The number of hydrogen-bond acceptors (Lipinski definition) is 2. The first kappa shape index (κ1) is 16.8. The van der Waals surface area contributed by atoms with Crippen molar-refractivity contribution in [2.24, 2.45) is 0 Å². The molecule has 5 heteroatoms. The molecular formula is C18H22N2O3. The topological polar surface area (TPSA) is 71.3 Å². The maximum Gasteiger partial charge on any atom is 0.337 e. The van der Waals surface area contributed by atoms with Gasteiger partial charge in [-0.05, 0) is 50.5 Å². The highest BCUT2D eigenvalue weighted by molar-refractivity contribution is 5.97. The van der Waals surface area contributed by atoms with Crippen LogP contribution < -0.4 is 5.32 Å². The van der Waals surface area contributed by atoms with Gasteiger partial charge in [0.2, 0.25) is 5.91 Å². The van der Waals surface area contributed by atoms with E-state index in [0.29, 0.717) is 17.8 Å². The molecule has 0 aliphatic carbocycles. The molecule has 1 aromatic carbocycles. The average molecular weight is 314 g/mol. The molecular weight excluding hydrogens is 292 g/mol. The number of carbonyl (C=O) groups is 2. The van der Waals surface area contributed by atoms with E-state index in [4.69, 9.17) is 0 Å². The van der Waals surface area contributed by atoms with Gasteiger partial charge >= 0.3 is 5.97 Å². The van der Waals surface area contributed by atoms with Crippen molar-refractivity contribution in [3.05, 3.63) is 52.3 Å². The number of carboxylic acids is 1. The summed E-state index contributed by atoms with van der Waals surface area (Å²) in [6.07, 6.45) is 1.82. The number of hydrogen-bond donors (Lipinski definition) is 2. The van der Waals surface area contributed by atoms with Gasteiger partial charge in [0.1, 0.15) is 0 Å². The second-order valence-electron chi connectivity index (χ2n) is 5.70. The Kier molecular flexibility index (Phi) is 4.89. The van der Waals surface area contributed by atoms with Crippen LogP contribution in [0, 0.1) is 20.8 Å². The fourth-order valence-corrected chi connectivity index (χ4v) is 2.74. The maximum atomic E-state index is 12.4. The summed E-state index contributed by atoms with van der Waals surface area (Å²) in [5, 5.41) is 12.3. The maximum absolute atomic E-state index is 12.4. The van der Waals surface area contributed by atoms with Crippen LogP contribution in [-0.4, -0.2) is 21.6 Å². The lowest BCUT2D eigenvalue weighted by atomic mass is 10.1. The number of anilines is 1. The molecule has 0 fully saturated rings. The minimum absolute atomic E-state index is 0.0384. The Bertz CT molecular complexity index is 760. The predicted molar refractivity (Wildman–Crippen MR) is 90.1 cm³/mol. The average Bonchev–Trinajstić information content (AvgIpc) is 2.79. The van der Waals surface area contributed by atoms with Crippen LogP contribution in [0.15, 0.2) is 24.4 Å². The summed E-state index contributed by atoms with van der Waals surface area (Å²) in [6, 6.07) is 5.72. The van der Waals surface area contributed by atoms with Crippen LogP contribution in [0.4, 0.5) is 5.69 Å². The van der Waals surface area contributed by atoms with Crippen LogP contribution in [0.2, 0.25) is 0 Å². The first-order valence-electron chi connectivity index (χ1n) is 7.63. The summed E-state index contributed by atoms with van der Waals surface area (Å²) in [7, 11) is 0. The number of aromatic nitrogens is 1. The summed E-state index contributed by atoms with van der Waals surface area (Å²) in [5.74, 6) is -1.21. The van der Waals surface area contributed by atoms with E-state index in [0.717, 1.165) is 16.8 Å². The molecule has 5 nitrogen and oxygen atoms in total. The Hall–Kier alpha value is -2.56. The zero-order chi connectivity index (χ0) is 17.1. The Morgan fingerprint density at radius 2 is 1.87 bits per heavy atom. The minimum atomic E-state index is -0.996. The molecule has 2 N–H and O–H groups in total. The van der Waals surface area contributed by atoms with E-state index in [9.17, 15) is 14.7 Å². The normalized spacial score (nSPS) is 10.6. The van der Waals surface area contributed by atoms with Crippen molar-refractivity contribution in [2.75, 3.05) is 5.32 Å². The van der Waals surface area contributed by atoms with Crippen LogP contribution in [0.5, 0.6) is 0 Å². The van der Waals surface area contributed by atoms with E-state index in [1.807, 2.05) is 43.5 Å². The van der Waals surface area contributed by atoms with Gasteiger partial charge in [0, 0.05) is 24.1 Å². The number of benzene rings is 1. The van der Waals surface area contributed by atoms with Crippen LogP contribution in [0.3, 0.4) is 0 Å². The largest absolute Gasteiger partial charge is 0.478 e. The van der Waals surface area contributed by atoms with Crippen LogP contribution >= 0.6 is 0 Å². The number of aryl methyl sites for hydroxylation is 3. The van der Waals surface area contributed by atoms with Gasteiger partial charge in [-0.3, -0.25) is 4.79 Å². The van der Waals surface area contributed by atoms with Crippen molar-refractivity contribution in [1.82, 2.24) is 4.57 Å². The molecule has 0 unspecified atom stereocenters. The monoisotopic (exact) mass is 314 g/mol. The molecule has 0 saturated heterocycles. The standard InChI is InChI=1S/C18H22N2O3/c1-5-20-10-12(3)17(18(22)23)15(20)9-16(21)19-14-8-6-7-11(2)13(14)4/h6-8,10H,5,9H2,1-4H3,(H,19,21)(H,22,23). The molecule has 1 aromatic heterocycles. The number of carbonyl (C=O) groups excluding carboxylic acids is 1. The molecule has 1 heterocycles. The molecule has 0 saturated carbocycles. The summed E-state index contributed by atoms with van der Waals surface area (Å²) >= 11 is 0. The number of carboxylic acid groups (broad SMARTS) is 1. The zero-order valence-corrected chi connectivity index (χ0v) is 13.9. The lowest BCUT2D eigenvalue weighted by molar-refractivity contribution is -0.115. The number of nitrogens with one attached hydrogen (secondary N) is 1. The van der Waals surface area contributed by atoms with Gasteiger partial charge in [0.25, 0.3) is 0 Å². The lowest BCUT2D eigenvalue weighted by Gasteiger charge is -2.12. The summed E-state index contributed by atoms with van der Waals surface area (Å²) < 4.78 is 1.82. The lowest BCUT2D eigenvalue weighted by Crippen LogP contribution is -2.19. The van der Waals surface area contributed by atoms with E-state index >= 15 is 0 Å². The van der Waals surface area contributed by atoms with Crippen LogP contribution in [0.1, 0.15) is 39.7 Å². The van der Waals surface area contributed by atoms with Crippen molar-refractivity contribution < 1.29 is 14.7 Å². The highest BCUT2D eigenvalue weighted by Gasteiger charge is 2.21. The third kappa shape index (κ3) is 3.44. The van der Waals surface area contributed by atoms with Crippen molar-refractivity contribution >= 4 is 17.6 Å². The first-order chi connectivity index (χ1) is 10.8. The smallest absolute Gasteiger partial charge is 0.337 e. The third-order valence-electron chi connectivity index (χ3n) is 4.14. The fourth-order valence-electron chi connectivity index (χ4n) is 2.74. The Balaban J connectivity index is 2.27. The van der Waals surface area contributed by atoms with Crippen LogP contribution in [-0.2, 0) is 17.8 Å². The number of aromatic carboxylic acids is 1. The zero-order valence-electron chi connectivity index (χ0n) is 13.9. The molecule has 0 aliphatic rings. The minimum Gasteiger partial charge on any atom is -0.478 e. The van der Waals surface area contributed by atoms with E-state index < -0.39 is 5.97 Å². The van der Waals surface area contributed by atoms with Gasteiger partial charge in [-0.2, -0.15) is 0 Å². The fraction of sp³-hybridized carbons (Fsp3) is 0.333. The molecule has 1 amide bonds. The molecule has 2 aromatic rings. The van der Waals surface area contributed by atoms with Crippen molar-refractivity contribution in [3.8, 4) is 0 Å². The SMILES string of the molecule is CCn1cc(C)c(C(=O)O)c1CC(=O)Nc1cccc(C)c1C. The van der Waals surface area contributed by atoms with Gasteiger partial charge in [-0.1, -0.05) is 12.1 Å². The highest BCUT2D eigenvalue weighted by atomic mass is 16.4. The number of amides is 1. The van der Waals surface area contributed by atoms with Crippen LogP contribution in [0.25, 0.3) is 0 Å². The number of nitrogens with zero attached hydrogens (tertiary/aromatic N) is 1. The van der Waals surface area contributed by atoms with E-state index in [2.05, 4.69) is 5.32 Å². The molecule has 122 valence electrons. The van der Waals surface area contributed by atoms with Crippen molar-refractivity contribution in [1.29, 1.82) is 0 Å². The first-order valence-corrected chi connectivity index (χ1v) is 7.63. The van der Waals surface area contributed by atoms with Crippen molar-refractivity contribution in [2.45, 2.75) is 40.7 Å². The van der Waals surface area contributed by atoms with E-state index in [1.54, 1.807) is 13.1 Å². The second-order valence-corrected chi connectivity index (χ2v) is 5.70. The van der Waals surface area contributed by atoms with Gasteiger partial charge < -0.3 is 15.0 Å². The number of rotatable bonds is 5. The Morgan fingerprint density at radius 1 is 1.17 bits per heavy atom. The molecule has 23 heavy (non-hydrogen) atoms. The highest BCUT2D eigenvalue weighted by Crippen LogP contribution is 2.21. The summed E-state index contributed by atoms with van der Waals surface area (Å²) in [4.78, 5) is 23.8. The van der Waals surface area contributed by atoms with Gasteiger partial charge in [-0.15, -0.1) is 0 Å². The van der Waals surface area contributed by atoms with Crippen molar-refractivity contribution in [3.63, 3.8) is 0 Å². The molecule has 0 bridgehead atoms. The molecule has 0 aliphatic heterocycles. The quantitative estimate of drug-likeness (QED) is 0.889. The van der Waals surface area contributed by atoms with Gasteiger partial charge in [-0.25, -0.2) is 4.79 Å². The van der Waals surface area contributed by atoms with E-state index in [-0.39, 0.29) is 17.9 Å². The molecule has 0 spiro atoms.